The quantitative estimate of drug-likeness (QED) is 0.287. The third-order valence-corrected chi connectivity index (χ3v) is 2.72. The molecule has 0 aliphatic heterocycles. The van der Waals surface area contributed by atoms with Crippen molar-refractivity contribution in [1.29, 1.82) is 0 Å². The van der Waals surface area contributed by atoms with Gasteiger partial charge in [0.15, 0.2) is 5.96 Å². The fourth-order valence-corrected chi connectivity index (χ4v) is 1.30. The van der Waals surface area contributed by atoms with Gasteiger partial charge in [0.2, 0.25) is 5.91 Å². The number of methoxy groups -OCH3 is 1. The van der Waals surface area contributed by atoms with Gasteiger partial charge >= 0.3 is 0 Å². The molecule has 0 aromatic rings. The van der Waals surface area contributed by atoms with Crippen LogP contribution in [0.4, 0.5) is 0 Å². The summed E-state index contributed by atoms with van der Waals surface area (Å²) >= 11 is 0. The maximum Gasteiger partial charge on any atom is 0.243 e. The number of carbonyl (C=O) groups is 1. The largest absolute Gasteiger partial charge is 0.383 e. The minimum absolute atomic E-state index is 0. The maximum absolute atomic E-state index is 11.5. The summed E-state index contributed by atoms with van der Waals surface area (Å²) in [5, 5.41) is 6.39. The second-order valence-corrected chi connectivity index (χ2v) is 4.70. The topological polar surface area (TPSA) is 66.0 Å². The van der Waals surface area contributed by atoms with E-state index in [1.807, 2.05) is 0 Å². The Morgan fingerprint density at radius 1 is 1.37 bits per heavy atom. The molecule has 6 nitrogen and oxygen atoms in total. The van der Waals surface area contributed by atoms with Gasteiger partial charge in [0, 0.05) is 34.3 Å². The zero-order chi connectivity index (χ0) is 13.4. The van der Waals surface area contributed by atoms with E-state index < -0.39 is 0 Å². The van der Waals surface area contributed by atoms with Crippen molar-refractivity contribution in [3.05, 3.63) is 0 Å². The van der Waals surface area contributed by atoms with Crippen LogP contribution in [0.2, 0.25) is 0 Å². The molecule has 0 heterocycles. The lowest BCUT2D eigenvalue weighted by atomic mass is 10.4. The Labute approximate surface area is 132 Å². The molecule has 7 heteroatoms. The maximum atomic E-state index is 11.5. The molecule has 0 atom stereocenters. The highest BCUT2D eigenvalue weighted by Crippen LogP contribution is 2.27. The minimum Gasteiger partial charge on any atom is -0.383 e. The molecule has 0 radical (unpaired) electrons. The van der Waals surface area contributed by atoms with Crippen LogP contribution in [-0.2, 0) is 9.53 Å². The molecule has 1 aliphatic rings. The fraction of sp³-hybridized carbons (Fsp3) is 0.833. The SMILES string of the molecule is COCCNC(=NCC(=O)N(C)C)NCC1CC1.I. The predicted molar refractivity (Wildman–Crippen MR) is 87.0 cm³/mol. The number of ether oxygens (including phenoxy) is 1. The molecule has 0 aromatic heterocycles. The molecule has 1 fully saturated rings. The number of rotatable bonds is 7. The van der Waals surface area contributed by atoms with Crippen LogP contribution in [0.3, 0.4) is 0 Å². The molecular formula is C12H25IN4O2. The molecule has 1 aliphatic carbocycles. The van der Waals surface area contributed by atoms with E-state index >= 15 is 0 Å². The second kappa shape index (κ2) is 10.2. The lowest BCUT2D eigenvalue weighted by Crippen LogP contribution is -2.40. The average Bonchev–Trinajstić information content (AvgIpc) is 3.15. The summed E-state index contributed by atoms with van der Waals surface area (Å²) in [5.74, 6) is 1.45. The first kappa shape index (κ1) is 18.4. The first-order valence-corrected chi connectivity index (χ1v) is 6.34. The lowest BCUT2D eigenvalue weighted by Gasteiger charge is -2.13. The molecule has 1 amide bonds. The predicted octanol–water partition coefficient (Wildman–Crippen LogP) is 0.284. The number of carbonyl (C=O) groups excluding carboxylic acids is 1. The third-order valence-electron chi connectivity index (χ3n) is 2.72. The average molecular weight is 384 g/mol. The number of likely N-dealkylation sites (N-methyl/N-ethyl adjacent to an activating group) is 1. The number of hydrogen-bond acceptors (Lipinski definition) is 3. The smallest absolute Gasteiger partial charge is 0.243 e. The van der Waals surface area contributed by atoms with Crippen LogP contribution in [0.25, 0.3) is 0 Å². The number of aliphatic imine (C=N–C) groups is 1. The summed E-state index contributed by atoms with van der Waals surface area (Å²) < 4.78 is 4.97. The highest BCUT2D eigenvalue weighted by atomic mass is 127. The summed E-state index contributed by atoms with van der Waals surface area (Å²) in [6, 6.07) is 0. The van der Waals surface area contributed by atoms with Gasteiger partial charge in [0.1, 0.15) is 6.54 Å². The number of nitrogens with zero attached hydrogens (tertiary/aromatic N) is 2. The van der Waals surface area contributed by atoms with Crippen LogP contribution in [0.5, 0.6) is 0 Å². The zero-order valence-electron chi connectivity index (χ0n) is 11.9. The van der Waals surface area contributed by atoms with Crippen molar-refractivity contribution >= 4 is 35.8 Å². The Kier molecular flexibility index (Phi) is 9.94. The van der Waals surface area contributed by atoms with Gasteiger partial charge in [-0.1, -0.05) is 0 Å². The summed E-state index contributed by atoms with van der Waals surface area (Å²) in [5.41, 5.74) is 0. The summed E-state index contributed by atoms with van der Waals surface area (Å²) in [6.45, 7) is 2.39. The minimum atomic E-state index is -0.00531. The number of nitrogens with one attached hydrogen (secondary N) is 2. The molecule has 0 aromatic carbocycles. The third kappa shape index (κ3) is 9.04. The van der Waals surface area contributed by atoms with Crippen molar-refractivity contribution in [2.75, 3.05) is 47.4 Å². The Morgan fingerprint density at radius 3 is 2.58 bits per heavy atom. The normalized spacial score (nSPS) is 14.6. The van der Waals surface area contributed by atoms with E-state index in [9.17, 15) is 4.79 Å². The van der Waals surface area contributed by atoms with Crippen LogP contribution in [0, 0.1) is 5.92 Å². The van der Waals surface area contributed by atoms with Gasteiger partial charge in [-0.05, 0) is 18.8 Å². The summed E-state index contributed by atoms with van der Waals surface area (Å²) in [6.07, 6.45) is 2.57. The molecule has 112 valence electrons. The molecule has 1 rings (SSSR count). The monoisotopic (exact) mass is 384 g/mol. The van der Waals surface area contributed by atoms with E-state index in [1.165, 1.54) is 17.7 Å². The lowest BCUT2D eigenvalue weighted by molar-refractivity contribution is -0.127. The highest BCUT2D eigenvalue weighted by Gasteiger charge is 2.21. The molecular weight excluding hydrogens is 359 g/mol. The zero-order valence-corrected chi connectivity index (χ0v) is 14.3. The molecule has 0 spiro atoms. The van der Waals surface area contributed by atoms with Crippen LogP contribution in [0.1, 0.15) is 12.8 Å². The van der Waals surface area contributed by atoms with Gasteiger partial charge in [-0.15, -0.1) is 24.0 Å². The Bertz CT molecular complexity index is 293. The Balaban J connectivity index is 0.00000324. The first-order chi connectivity index (χ1) is 8.63. The van der Waals surface area contributed by atoms with Crippen molar-refractivity contribution in [3.8, 4) is 0 Å². The Morgan fingerprint density at radius 2 is 2.05 bits per heavy atom. The van der Waals surface area contributed by atoms with Gasteiger partial charge < -0.3 is 20.3 Å². The van der Waals surface area contributed by atoms with E-state index in [1.54, 1.807) is 21.2 Å². The van der Waals surface area contributed by atoms with Gasteiger partial charge in [-0.2, -0.15) is 0 Å². The number of amides is 1. The van der Waals surface area contributed by atoms with Crippen LogP contribution in [-0.4, -0.2) is 64.2 Å². The van der Waals surface area contributed by atoms with Crippen LogP contribution in [0.15, 0.2) is 4.99 Å². The highest BCUT2D eigenvalue weighted by molar-refractivity contribution is 14.0. The van der Waals surface area contributed by atoms with Crippen molar-refractivity contribution in [1.82, 2.24) is 15.5 Å². The molecule has 19 heavy (non-hydrogen) atoms. The van der Waals surface area contributed by atoms with Gasteiger partial charge in [-0.3, -0.25) is 4.79 Å². The van der Waals surface area contributed by atoms with Crippen molar-refractivity contribution < 1.29 is 9.53 Å². The van der Waals surface area contributed by atoms with Gasteiger partial charge in [0.05, 0.1) is 6.61 Å². The first-order valence-electron chi connectivity index (χ1n) is 6.34. The summed E-state index contributed by atoms with van der Waals surface area (Å²) in [4.78, 5) is 17.3. The number of hydrogen-bond donors (Lipinski definition) is 2. The molecule has 2 N–H and O–H groups in total. The van der Waals surface area contributed by atoms with Gasteiger partial charge in [-0.25, -0.2) is 4.99 Å². The van der Waals surface area contributed by atoms with E-state index in [4.69, 9.17) is 4.74 Å². The molecule has 0 saturated heterocycles. The van der Waals surface area contributed by atoms with E-state index in [0.29, 0.717) is 19.1 Å². The van der Waals surface area contributed by atoms with E-state index in [-0.39, 0.29) is 36.4 Å². The van der Waals surface area contributed by atoms with Crippen LogP contribution >= 0.6 is 24.0 Å². The molecule has 0 bridgehead atoms. The Hall–Kier alpha value is -0.570. The van der Waals surface area contributed by atoms with E-state index in [0.717, 1.165) is 12.5 Å². The molecule has 1 saturated carbocycles. The second-order valence-electron chi connectivity index (χ2n) is 4.70. The molecule has 0 unspecified atom stereocenters. The van der Waals surface area contributed by atoms with Crippen molar-refractivity contribution in [2.24, 2.45) is 10.9 Å². The summed E-state index contributed by atoms with van der Waals surface area (Å²) in [7, 11) is 5.12. The fourth-order valence-electron chi connectivity index (χ4n) is 1.30. The van der Waals surface area contributed by atoms with E-state index in [2.05, 4.69) is 15.6 Å². The van der Waals surface area contributed by atoms with Crippen molar-refractivity contribution in [3.63, 3.8) is 0 Å². The van der Waals surface area contributed by atoms with Crippen LogP contribution < -0.4 is 10.6 Å². The van der Waals surface area contributed by atoms with Crippen molar-refractivity contribution in [2.45, 2.75) is 12.8 Å². The number of halogens is 1. The standard InChI is InChI=1S/C12H24N4O2.HI/c1-16(2)11(17)9-15-12(13-6-7-18-3)14-8-10-4-5-10;/h10H,4-9H2,1-3H3,(H2,13,14,15);1H. The van der Waals surface area contributed by atoms with Gasteiger partial charge in [0.25, 0.3) is 0 Å². The number of guanidine groups is 1.